The molecule has 1 aliphatic heterocycles. The highest BCUT2D eigenvalue weighted by atomic mass is 35.5. The van der Waals surface area contributed by atoms with E-state index >= 15 is 0 Å². The summed E-state index contributed by atoms with van der Waals surface area (Å²) in [6.45, 7) is 3.26. The van der Waals surface area contributed by atoms with E-state index in [4.69, 9.17) is 16.7 Å². The number of H-pyrrole nitrogens is 1. The first-order valence-corrected chi connectivity index (χ1v) is 9.16. The minimum atomic E-state index is -0.965. The number of carbonyl (C=O) groups is 1. The lowest BCUT2D eigenvalue weighted by Crippen LogP contribution is -2.37. The van der Waals surface area contributed by atoms with Crippen LogP contribution in [0.1, 0.15) is 34.9 Å². The second kappa shape index (κ2) is 6.74. The Balaban J connectivity index is 1.55. The van der Waals surface area contributed by atoms with Crippen molar-refractivity contribution in [1.29, 1.82) is 0 Å². The summed E-state index contributed by atoms with van der Waals surface area (Å²) in [4.78, 5) is 33.4. The maximum Gasteiger partial charge on any atom is 0.335 e. The Morgan fingerprint density at radius 2 is 2.07 bits per heavy atom. The SMILES string of the molecule is Cc1[nH]c2c(=O)n(C3CCN(c4cc(C(=O)O)ccn4)CC3)ccc2c1Cl. The topological polar surface area (TPSA) is 91.2 Å². The van der Waals surface area contributed by atoms with Gasteiger partial charge in [-0.2, -0.15) is 0 Å². The van der Waals surface area contributed by atoms with Gasteiger partial charge in [0.05, 0.1) is 10.6 Å². The average molecular weight is 387 g/mol. The number of halogens is 1. The Hall–Kier alpha value is -2.80. The molecule has 0 radical (unpaired) electrons. The van der Waals surface area contributed by atoms with Crippen LogP contribution >= 0.6 is 11.6 Å². The molecule has 0 atom stereocenters. The first-order chi connectivity index (χ1) is 13.0. The number of pyridine rings is 2. The Morgan fingerprint density at radius 3 is 2.78 bits per heavy atom. The third-order valence-electron chi connectivity index (χ3n) is 5.17. The number of aromatic amines is 1. The van der Waals surface area contributed by atoms with Crippen LogP contribution in [-0.4, -0.2) is 38.7 Å². The molecule has 8 heteroatoms. The zero-order valence-electron chi connectivity index (χ0n) is 14.8. The van der Waals surface area contributed by atoms with Crippen molar-refractivity contribution in [3.63, 3.8) is 0 Å². The summed E-state index contributed by atoms with van der Waals surface area (Å²) in [6, 6.07) is 5.04. The summed E-state index contributed by atoms with van der Waals surface area (Å²) in [6.07, 6.45) is 4.88. The maximum absolute atomic E-state index is 12.8. The zero-order valence-corrected chi connectivity index (χ0v) is 15.5. The number of fused-ring (bicyclic) bond motifs is 1. The standard InChI is InChI=1S/C19H19ClN4O3/c1-11-16(20)14-5-9-24(18(25)17(14)22-11)13-3-7-23(8-4-13)15-10-12(19(26)27)2-6-21-15/h2,5-6,9-10,13,22H,3-4,7-8H2,1H3,(H,26,27). The van der Waals surface area contributed by atoms with E-state index in [1.807, 2.05) is 19.2 Å². The van der Waals surface area contributed by atoms with Crippen LogP contribution in [0.2, 0.25) is 5.02 Å². The van der Waals surface area contributed by atoms with Gasteiger partial charge in [0.25, 0.3) is 5.56 Å². The number of rotatable bonds is 3. The Bertz CT molecular complexity index is 1080. The third-order valence-corrected chi connectivity index (χ3v) is 5.66. The summed E-state index contributed by atoms with van der Waals surface area (Å²) >= 11 is 6.24. The van der Waals surface area contributed by atoms with Crippen LogP contribution in [0.25, 0.3) is 10.9 Å². The predicted octanol–water partition coefficient (Wildman–Crippen LogP) is 3.23. The van der Waals surface area contributed by atoms with E-state index in [1.165, 1.54) is 12.3 Å². The van der Waals surface area contributed by atoms with Crippen LogP contribution < -0.4 is 10.5 Å². The highest BCUT2D eigenvalue weighted by molar-refractivity contribution is 6.36. The lowest BCUT2D eigenvalue weighted by Gasteiger charge is -2.33. The number of aryl methyl sites for hydroxylation is 1. The minimum Gasteiger partial charge on any atom is -0.478 e. The molecule has 0 saturated carbocycles. The Morgan fingerprint density at radius 1 is 1.33 bits per heavy atom. The summed E-state index contributed by atoms with van der Waals surface area (Å²) in [5.41, 5.74) is 1.49. The van der Waals surface area contributed by atoms with E-state index < -0.39 is 5.97 Å². The smallest absolute Gasteiger partial charge is 0.335 e. The number of piperidine rings is 1. The molecular weight excluding hydrogens is 368 g/mol. The number of nitrogens with one attached hydrogen (secondary N) is 1. The van der Waals surface area contributed by atoms with Gasteiger partial charge in [-0.15, -0.1) is 0 Å². The fraction of sp³-hybridized carbons (Fsp3) is 0.316. The van der Waals surface area contributed by atoms with E-state index in [0.717, 1.165) is 23.9 Å². The summed E-state index contributed by atoms with van der Waals surface area (Å²) in [7, 11) is 0. The van der Waals surface area contributed by atoms with E-state index in [-0.39, 0.29) is 17.2 Å². The van der Waals surface area contributed by atoms with E-state index in [1.54, 1.807) is 10.6 Å². The number of aromatic carboxylic acids is 1. The van der Waals surface area contributed by atoms with Crippen molar-refractivity contribution in [2.45, 2.75) is 25.8 Å². The molecule has 1 saturated heterocycles. The summed E-state index contributed by atoms with van der Waals surface area (Å²) in [5, 5.41) is 10.5. The molecule has 0 aromatic carbocycles. The van der Waals surface area contributed by atoms with Gasteiger partial charge in [0.15, 0.2) is 0 Å². The number of carboxylic acids is 1. The van der Waals surface area contributed by atoms with Gasteiger partial charge < -0.3 is 19.6 Å². The van der Waals surface area contributed by atoms with Gasteiger partial charge >= 0.3 is 5.97 Å². The van der Waals surface area contributed by atoms with Crippen LogP contribution in [0.15, 0.2) is 35.4 Å². The van der Waals surface area contributed by atoms with Gasteiger partial charge in [0.2, 0.25) is 0 Å². The average Bonchev–Trinajstić information content (AvgIpc) is 2.98. The number of hydrogen-bond acceptors (Lipinski definition) is 4. The van der Waals surface area contributed by atoms with Crippen molar-refractivity contribution in [1.82, 2.24) is 14.5 Å². The molecule has 27 heavy (non-hydrogen) atoms. The van der Waals surface area contributed by atoms with Gasteiger partial charge in [0, 0.05) is 42.6 Å². The van der Waals surface area contributed by atoms with Gasteiger partial charge in [-0.3, -0.25) is 4.79 Å². The second-order valence-electron chi connectivity index (χ2n) is 6.81. The molecule has 3 aromatic heterocycles. The highest BCUT2D eigenvalue weighted by Crippen LogP contribution is 2.28. The van der Waals surface area contributed by atoms with Crippen molar-refractivity contribution in [2.75, 3.05) is 18.0 Å². The molecule has 4 rings (SSSR count). The van der Waals surface area contributed by atoms with E-state index in [9.17, 15) is 9.59 Å². The lowest BCUT2D eigenvalue weighted by atomic mass is 10.0. The fourth-order valence-electron chi connectivity index (χ4n) is 3.68. The van der Waals surface area contributed by atoms with E-state index in [2.05, 4.69) is 14.9 Å². The van der Waals surface area contributed by atoms with Gasteiger partial charge in [-0.1, -0.05) is 11.6 Å². The molecule has 0 amide bonds. The van der Waals surface area contributed by atoms with Crippen molar-refractivity contribution < 1.29 is 9.90 Å². The van der Waals surface area contributed by atoms with Crippen LogP contribution in [0, 0.1) is 6.92 Å². The van der Waals surface area contributed by atoms with Crippen LogP contribution in [-0.2, 0) is 0 Å². The largest absolute Gasteiger partial charge is 0.478 e. The Labute approximate surface area is 160 Å². The van der Waals surface area contributed by atoms with Crippen LogP contribution in [0.5, 0.6) is 0 Å². The van der Waals surface area contributed by atoms with Crippen molar-refractivity contribution in [3.05, 3.63) is 57.2 Å². The summed E-state index contributed by atoms with van der Waals surface area (Å²) in [5.74, 6) is -0.309. The molecule has 1 fully saturated rings. The molecule has 0 unspecified atom stereocenters. The molecule has 0 aliphatic carbocycles. The summed E-state index contributed by atoms with van der Waals surface area (Å²) < 4.78 is 1.77. The fourth-order valence-corrected chi connectivity index (χ4v) is 3.89. The number of hydrogen-bond donors (Lipinski definition) is 2. The molecule has 0 bridgehead atoms. The van der Waals surface area contributed by atoms with Crippen molar-refractivity contribution in [3.8, 4) is 0 Å². The molecule has 1 aliphatic rings. The molecule has 140 valence electrons. The predicted molar refractivity (Wildman–Crippen MR) is 104 cm³/mol. The van der Waals surface area contributed by atoms with E-state index in [0.29, 0.717) is 29.4 Å². The first kappa shape index (κ1) is 17.6. The second-order valence-corrected chi connectivity index (χ2v) is 7.18. The van der Waals surface area contributed by atoms with Crippen LogP contribution in [0.3, 0.4) is 0 Å². The van der Waals surface area contributed by atoms with Gasteiger partial charge in [0.1, 0.15) is 11.3 Å². The number of aromatic nitrogens is 3. The normalized spacial score (nSPS) is 15.4. The molecule has 2 N–H and O–H groups in total. The van der Waals surface area contributed by atoms with Crippen LogP contribution in [0.4, 0.5) is 5.82 Å². The van der Waals surface area contributed by atoms with Crippen molar-refractivity contribution in [2.24, 2.45) is 0 Å². The molecule has 3 aromatic rings. The molecule has 4 heterocycles. The molecule has 7 nitrogen and oxygen atoms in total. The number of nitrogens with zero attached hydrogens (tertiary/aromatic N) is 3. The zero-order chi connectivity index (χ0) is 19.1. The minimum absolute atomic E-state index is 0.0630. The van der Waals surface area contributed by atoms with Gasteiger partial charge in [-0.25, -0.2) is 9.78 Å². The number of carboxylic acid groups (broad SMARTS) is 1. The maximum atomic E-state index is 12.8. The van der Waals surface area contributed by atoms with Gasteiger partial charge in [-0.05, 0) is 38.0 Å². The quantitative estimate of drug-likeness (QED) is 0.721. The van der Waals surface area contributed by atoms with Crippen molar-refractivity contribution >= 4 is 34.3 Å². The number of anilines is 1. The molecule has 0 spiro atoms. The Kier molecular flexibility index (Phi) is 4.39. The third kappa shape index (κ3) is 3.08. The lowest BCUT2D eigenvalue weighted by molar-refractivity contribution is 0.0696. The first-order valence-electron chi connectivity index (χ1n) is 8.79. The monoisotopic (exact) mass is 386 g/mol. The molecular formula is C19H19ClN4O3. The highest BCUT2D eigenvalue weighted by Gasteiger charge is 2.23.